The molecule has 2 heterocycles. The quantitative estimate of drug-likeness (QED) is 0.651. The van der Waals surface area contributed by atoms with Crippen molar-refractivity contribution in [3.05, 3.63) is 29.3 Å². The monoisotopic (exact) mass is 193 g/mol. The average molecular weight is 193 g/mol. The number of methoxy groups -OCH3 is 1. The minimum Gasteiger partial charge on any atom is -0.464 e. The Kier molecular flexibility index (Phi) is 1.98. The summed E-state index contributed by atoms with van der Waals surface area (Å²) in [6, 6.07) is 5.43. The third-order valence-corrected chi connectivity index (χ3v) is 2.57. The Morgan fingerprint density at radius 1 is 1.46 bits per heavy atom. The zero-order valence-corrected chi connectivity index (χ0v) is 7.80. The topological polar surface area (TPSA) is 39.2 Å². The molecule has 0 saturated carbocycles. The van der Waals surface area contributed by atoms with E-state index >= 15 is 0 Å². The molecule has 2 aromatic rings. The molecule has 0 bridgehead atoms. The summed E-state index contributed by atoms with van der Waals surface area (Å²) in [6.07, 6.45) is 0. The molecule has 3 nitrogen and oxygen atoms in total. The van der Waals surface area contributed by atoms with E-state index in [9.17, 15) is 4.79 Å². The smallest absolute Gasteiger partial charge is 0.356 e. The van der Waals surface area contributed by atoms with Crippen molar-refractivity contribution >= 4 is 27.5 Å². The van der Waals surface area contributed by atoms with E-state index in [1.165, 1.54) is 7.11 Å². The lowest BCUT2D eigenvalue weighted by Gasteiger charge is -1.96. The van der Waals surface area contributed by atoms with Gasteiger partial charge in [-0.3, -0.25) is 0 Å². The molecule has 0 radical (unpaired) electrons. The zero-order chi connectivity index (χ0) is 9.26. The van der Waals surface area contributed by atoms with Gasteiger partial charge in [0.1, 0.15) is 5.69 Å². The predicted octanol–water partition coefficient (Wildman–Crippen LogP) is 2.08. The van der Waals surface area contributed by atoms with Crippen LogP contribution in [-0.2, 0) is 4.74 Å². The van der Waals surface area contributed by atoms with Gasteiger partial charge >= 0.3 is 5.97 Å². The maximum absolute atomic E-state index is 11.1. The van der Waals surface area contributed by atoms with Crippen molar-refractivity contribution in [2.75, 3.05) is 7.11 Å². The summed E-state index contributed by atoms with van der Waals surface area (Å²) in [4.78, 5) is 15.2. The van der Waals surface area contributed by atoms with Crippen LogP contribution in [0, 0.1) is 0 Å². The summed E-state index contributed by atoms with van der Waals surface area (Å²) in [5, 5.41) is 1.94. The van der Waals surface area contributed by atoms with E-state index < -0.39 is 5.97 Å². The molecule has 0 spiro atoms. The minimum atomic E-state index is -0.395. The molecule has 4 heteroatoms. The lowest BCUT2D eigenvalue weighted by molar-refractivity contribution is 0.0594. The molecular formula is C9H7NO2S. The molecular weight excluding hydrogens is 186 g/mol. The highest BCUT2D eigenvalue weighted by Gasteiger charge is 2.07. The van der Waals surface area contributed by atoms with Gasteiger partial charge < -0.3 is 4.74 Å². The second kappa shape index (κ2) is 3.14. The number of fused-ring (bicyclic) bond motifs is 1. The van der Waals surface area contributed by atoms with Crippen LogP contribution in [0.3, 0.4) is 0 Å². The van der Waals surface area contributed by atoms with Gasteiger partial charge in [-0.05, 0) is 23.6 Å². The van der Waals surface area contributed by atoms with Crippen molar-refractivity contribution in [3.8, 4) is 0 Å². The van der Waals surface area contributed by atoms with E-state index in [4.69, 9.17) is 0 Å². The predicted molar refractivity (Wildman–Crippen MR) is 51.0 cm³/mol. The van der Waals surface area contributed by atoms with Crippen molar-refractivity contribution < 1.29 is 9.53 Å². The van der Waals surface area contributed by atoms with Crippen molar-refractivity contribution in [3.63, 3.8) is 0 Å². The Labute approximate surface area is 79.0 Å². The normalized spacial score (nSPS) is 10.2. The van der Waals surface area contributed by atoms with E-state index in [0.29, 0.717) is 5.69 Å². The Morgan fingerprint density at radius 2 is 2.31 bits per heavy atom. The summed E-state index contributed by atoms with van der Waals surface area (Å²) in [5.41, 5.74) is 1.20. The molecule has 0 unspecified atom stereocenters. The number of ether oxygens (including phenoxy) is 1. The highest BCUT2D eigenvalue weighted by atomic mass is 32.1. The van der Waals surface area contributed by atoms with Crippen LogP contribution in [0.25, 0.3) is 10.2 Å². The Hall–Kier alpha value is -1.42. The van der Waals surface area contributed by atoms with Gasteiger partial charge in [0, 0.05) is 0 Å². The number of aromatic nitrogens is 1. The summed E-state index contributed by atoms with van der Waals surface area (Å²) in [5.74, 6) is -0.395. The molecule has 2 rings (SSSR count). The first kappa shape index (κ1) is 8.19. The third-order valence-electron chi connectivity index (χ3n) is 1.70. The molecule has 0 saturated heterocycles. The van der Waals surface area contributed by atoms with Gasteiger partial charge in [-0.15, -0.1) is 11.3 Å². The maximum atomic E-state index is 11.1. The van der Waals surface area contributed by atoms with Gasteiger partial charge in [0.15, 0.2) is 0 Å². The molecule has 0 aliphatic rings. The first-order valence-corrected chi connectivity index (χ1v) is 4.62. The molecule has 0 N–H and O–H groups in total. The van der Waals surface area contributed by atoms with E-state index in [1.54, 1.807) is 17.4 Å². The van der Waals surface area contributed by atoms with Gasteiger partial charge in [0.2, 0.25) is 0 Å². The third kappa shape index (κ3) is 1.40. The van der Waals surface area contributed by atoms with Gasteiger partial charge in [0.25, 0.3) is 0 Å². The maximum Gasteiger partial charge on any atom is 0.356 e. The van der Waals surface area contributed by atoms with Gasteiger partial charge in [0.05, 0.1) is 17.3 Å². The lowest BCUT2D eigenvalue weighted by atomic mass is 10.3. The van der Waals surface area contributed by atoms with Crippen LogP contribution in [0.4, 0.5) is 0 Å². The average Bonchev–Trinajstić information content (AvgIpc) is 2.63. The SMILES string of the molecule is COC(=O)c1ccc2sccc2n1. The fourth-order valence-electron chi connectivity index (χ4n) is 1.07. The summed E-state index contributed by atoms with van der Waals surface area (Å²) in [6.45, 7) is 0. The van der Waals surface area contributed by atoms with Crippen molar-refractivity contribution in [2.24, 2.45) is 0 Å². The fraction of sp³-hybridized carbons (Fsp3) is 0.111. The molecule has 2 aromatic heterocycles. The Balaban J connectivity index is 2.54. The van der Waals surface area contributed by atoms with Crippen molar-refractivity contribution in [1.29, 1.82) is 0 Å². The molecule has 0 atom stereocenters. The first-order valence-electron chi connectivity index (χ1n) is 3.74. The number of thiophene rings is 1. The number of nitrogens with zero attached hydrogens (tertiary/aromatic N) is 1. The highest BCUT2D eigenvalue weighted by molar-refractivity contribution is 7.17. The molecule has 0 fully saturated rings. The Bertz CT molecular complexity index is 450. The standard InChI is InChI=1S/C9H7NO2S/c1-12-9(11)7-2-3-8-6(10-7)4-5-13-8/h2-5H,1H3. The van der Waals surface area contributed by atoms with Crippen LogP contribution in [0.15, 0.2) is 23.6 Å². The van der Waals surface area contributed by atoms with Crippen LogP contribution < -0.4 is 0 Å². The zero-order valence-electron chi connectivity index (χ0n) is 6.98. The van der Waals surface area contributed by atoms with Crippen molar-refractivity contribution in [2.45, 2.75) is 0 Å². The molecule has 0 aliphatic carbocycles. The minimum absolute atomic E-state index is 0.355. The van der Waals surface area contributed by atoms with Crippen molar-refractivity contribution in [1.82, 2.24) is 4.98 Å². The molecule has 13 heavy (non-hydrogen) atoms. The summed E-state index contributed by atoms with van der Waals surface area (Å²) in [7, 11) is 1.35. The summed E-state index contributed by atoms with van der Waals surface area (Å²) < 4.78 is 5.64. The highest BCUT2D eigenvalue weighted by Crippen LogP contribution is 2.18. The molecule has 66 valence electrons. The number of carbonyl (C=O) groups is 1. The number of pyridine rings is 1. The Morgan fingerprint density at radius 3 is 3.08 bits per heavy atom. The van der Waals surface area contributed by atoms with E-state index in [1.807, 2.05) is 17.5 Å². The molecule has 0 aromatic carbocycles. The lowest BCUT2D eigenvalue weighted by Crippen LogP contribution is -2.03. The van der Waals surface area contributed by atoms with E-state index in [0.717, 1.165) is 10.2 Å². The fourth-order valence-corrected chi connectivity index (χ4v) is 1.80. The van der Waals surface area contributed by atoms with Gasteiger partial charge in [-0.25, -0.2) is 9.78 Å². The van der Waals surface area contributed by atoms with Gasteiger partial charge in [-0.2, -0.15) is 0 Å². The van der Waals surface area contributed by atoms with Crippen LogP contribution in [0.5, 0.6) is 0 Å². The van der Waals surface area contributed by atoms with Gasteiger partial charge in [-0.1, -0.05) is 0 Å². The van der Waals surface area contributed by atoms with Crippen LogP contribution in [-0.4, -0.2) is 18.1 Å². The number of esters is 1. The number of rotatable bonds is 1. The van der Waals surface area contributed by atoms with Crippen LogP contribution in [0.1, 0.15) is 10.5 Å². The van der Waals surface area contributed by atoms with E-state index in [-0.39, 0.29) is 0 Å². The molecule has 0 amide bonds. The second-order valence-electron chi connectivity index (χ2n) is 2.49. The molecule has 0 aliphatic heterocycles. The first-order chi connectivity index (χ1) is 6.31. The summed E-state index contributed by atoms with van der Waals surface area (Å²) >= 11 is 1.60. The van der Waals surface area contributed by atoms with Crippen LogP contribution in [0.2, 0.25) is 0 Å². The van der Waals surface area contributed by atoms with Crippen LogP contribution >= 0.6 is 11.3 Å². The second-order valence-corrected chi connectivity index (χ2v) is 3.44. The van der Waals surface area contributed by atoms with E-state index in [2.05, 4.69) is 9.72 Å². The number of hydrogen-bond donors (Lipinski definition) is 0. The largest absolute Gasteiger partial charge is 0.464 e. The number of hydrogen-bond acceptors (Lipinski definition) is 4. The number of carbonyl (C=O) groups excluding carboxylic acids is 1.